The zero-order valence-electron chi connectivity index (χ0n) is 14.5. The van der Waals surface area contributed by atoms with Gasteiger partial charge in [-0.3, -0.25) is 13.9 Å². The van der Waals surface area contributed by atoms with Crippen LogP contribution in [0, 0.1) is 0 Å². The van der Waals surface area contributed by atoms with Gasteiger partial charge < -0.3 is 14.4 Å². The number of benzene rings is 1. The van der Waals surface area contributed by atoms with Gasteiger partial charge in [0.2, 0.25) is 5.91 Å². The highest BCUT2D eigenvalue weighted by Crippen LogP contribution is 2.13. The number of ether oxygens (including phenoxy) is 2. The number of hydrogen-bond acceptors (Lipinski definition) is 4. The van der Waals surface area contributed by atoms with Crippen LogP contribution in [0.2, 0.25) is 0 Å². The SMILES string of the molecule is CCn1c(=O)n(CC(=O)N(CCOC)CCOC)c2ccccc21. The monoisotopic (exact) mass is 335 g/mol. The van der Waals surface area contributed by atoms with Crippen molar-refractivity contribution in [3.63, 3.8) is 0 Å². The summed E-state index contributed by atoms with van der Waals surface area (Å²) in [5.41, 5.74) is 1.46. The molecule has 0 spiro atoms. The zero-order valence-corrected chi connectivity index (χ0v) is 14.5. The number of imidazole rings is 1. The van der Waals surface area contributed by atoms with Crippen LogP contribution < -0.4 is 5.69 Å². The molecule has 0 saturated heterocycles. The minimum Gasteiger partial charge on any atom is -0.383 e. The maximum absolute atomic E-state index is 12.7. The van der Waals surface area contributed by atoms with E-state index in [1.54, 1.807) is 23.7 Å². The molecule has 24 heavy (non-hydrogen) atoms. The van der Waals surface area contributed by atoms with Crippen molar-refractivity contribution in [1.82, 2.24) is 14.0 Å². The second kappa shape index (κ2) is 8.65. The van der Waals surface area contributed by atoms with Crippen molar-refractivity contribution in [1.29, 1.82) is 0 Å². The largest absolute Gasteiger partial charge is 0.383 e. The lowest BCUT2D eigenvalue weighted by Crippen LogP contribution is -2.40. The fraction of sp³-hybridized carbons (Fsp3) is 0.529. The standard InChI is InChI=1S/C17H25N3O4/c1-4-19-14-7-5-6-8-15(14)20(17(19)22)13-16(21)18(9-11-23-2)10-12-24-3/h5-8H,4,9-13H2,1-3H3. The smallest absolute Gasteiger partial charge is 0.329 e. The molecule has 0 fully saturated rings. The first-order chi connectivity index (χ1) is 11.6. The Hall–Kier alpha value is -2.12. The number of carbonyl (C=O) groups is 1. The van der Waals surface area contributed by atoms with E-state index in [-0.39, 0.29) is 18.1 Å². The van der Waals surface area contributed by atoms with Gasteiger partial charge in [-0.15, -0.1) is 0 Å². The molecule has 0 unspecified atom stereocenters. The summed E-state index contributed by atoms with van der Waals surface area (Å²) < 4.78 is 13.3. The molecule has 0 aliphatic carbocycles. The van der Waals surface area contributed by atoms with Crippen LogP contribution in [-0.4, -0.2) is 60.5 Å². The van der Waals surface area contributed by atoms with E-state index in [2.05, 4.69) is 0 Å². The molecule has 1 aromatic carbocycles. The van der Waals surface area contributed by atoms with Gasteiger partial charge in [-0.05, 0) is 19.1 Å². The third-order valence-corrected chi connectivity index (χ3v) is 4.02. The number of aryl methyl sites for hydroxylation is 1. The highest BCUT2D eigenvalue weighted by atomic mass is 16.5. The van der Waals surface area contributed by atoms with Gasteiger partial charge in [-0.1, -0.05) is 12.1 Å². The van der Waals surface area contributed by atoms with Crippen molar-refractivity contribution >= 4 is 16.9 Å². The molecule has 2 aromatic rings. The van der Waals surface area contributed by atoms with Crippen molar-refractivity contribution in [2.24, 2.45) is 0 Å². The van der Waals surface area contributed by atoms with Crippen LogP contribution in [0.15, 0.2) is 29.1 Å². The summed E-state index contributed by atoms with van der Waals surface area (Å²) in [7, 11) is 3.19. The van der Waals surface area contributed by atoms with Crippen molar-refractivity contribution in [2.75, 3.05) is 40.5 Å². The minimum atomic E-state index is -0.162. The number of amides is 1. The second-order valence-electron chi connectivity index (χ2n) is 5.47. The quantitative estimate of drug-likeness (QED) is 0.684. The average Bonchev–Trinajstić information content (AvgIpc) is 2.86. The second-order valence-corrected chi connectivity index (χ2v) is 5.47. The molecule has 7 nitrogen and oxygen atoms in total. The number of methoxy groups -OCH3 is 2. The van der Waals surface area contributed by atoms with E-state index in [1.807, 2.05) is 31.2 Å². The Balaban J connectivity index is 2.28. The van der Waals surface area contributed by atoms with E-state index >= 15 is 0 Å². The highest BCUT2D eigenvalue weighted by Gasteiger charge is 2.18. The van der Waals surface area contributed by atoms with Crippen LogP contribution in [0.25, 0.3) is 11.0 Å². The van der Waals surface area contributed by atoms with Crippen LogP contribution in [-0.2, 0) is 27.4 Å². The third-order valence-electron chi connectivity index (χ3n) is 4.02. The molecule has 1 heterocycles. The van der Waals surface area contributed by atoms with Crippen molar-refractivity contribution in [3.05, 3.63) is 34.7 Å². The van der Waals surface area contributed by atoms with Gasteiger partial charge in [0.1, 0.15) is 6.54 Å². The number of fused-ring (bicyclic) bond motifs is 1. The molecule has 1 amide bonds. The van der Waals surface area contributed by atoms with Crippen molar-refractivity contribution in [3.8, 4) is 0 Å². The van der Waals surface area contributed by atoms with Gasteiger partial charge in [0.15, 0.2) is 0 Å². The van der Waals surface area contributed by atoms with Crippen LogP contribution in [0.3, 0.4) is 0 Å². The van der Waals surface area contributed by atoms with Crippen LogP contribution in [0.4, 0.5) is 0 Å². The van der Waals surface area contributed by atoms with Gasteiger partial charge in [-0.25, -0.2) is 4.79 Å². The Morgan fingerprint density at radius 3 is 2.08 bits per heavy atom. The van der Waals surface area contributed by atoms with Gasteiger partial charge in [-0.2, -0.15) is 0 Å². The van der Waals surface area contributed by atoms with E-state index in [9.17, 15) is 9.59 Å². The Morgan fingerprint density at radius 2 is 1.58 bits per heavy atom. The molecule has 0 atom stereocenters. The van der Waals surface area contributed by atoms with Crippen molar-refractivity contribution in [2.45, 2.75) is 20.0 Å². The summed E-state index contributed by atoms with van der Waals surface area (Å²) in [5, 5.41) is 0. The number of para-hydroxylation sites is 2. The highest BCUT2D eigenvalue weighted by molar-refractivity contribution is 5.81. The molecular weight excluding hydrogens is 310 g/mol. The topological polar surface area (TPSA) is 65.7 Å². The molecule has 0 radical (unpaired) electrons. The predicted molar refractivity (Wildman–Crippen MR) is 92.2 cm³/mol. The van der Waals surface area contributed by atoms with Crippen LogP contribution >= 0.6 is 0 Å². The molecule has 0 aliphatic rings. The summed E-state index contributed by atoms with van der Waals surface area (Å²) in [6.45, 7) is 4.34. The number of carbonyl (C=O) groups excluding carboxylic acids is 1. The number of hydrogen-bond donors (Lipinski definition) is 0. The van der Waals surface area contributed by atoms with E-state index in [0.717, 1.165) is 11.0 Å². The lowest BCUT2D eigenvalue weighted by Gasteiger charge is -2.22. The fourth-order valence-corrected chi connectivity index (χ4v) is 2.73. The molecule has 132 valence electrons. The van der Waals surface area contributed by atoms with Gasteiger partial charge in [0, 0.05) is 33.9 Å². The molecule has 0 N–H and O–H groups in total. The molecule has 1 aromatic heterocycles. The predicted octanol–water partition coefficient (Wildman–Crippen LogP) is 0.944. The summed E-state index contributed by atoms with van der Waals surface area (Å²) in [4.78, 5) is 26.9. The first-order valence-electron chi connectivity index (χ1n) is 8.07. The summed E-state index contributed by atoms with van der Waals surface area (Å²) in [5.74, 6) is -0.120. The molecule has 0 saturated carbocycles. The summed E-state index contributed by atoms with van der Waals surface area (Å²) in [6.07, 6.45) is 0. The molecule has 7 heteroatoms. The van der Waals surface area contributed by atoms with E-state index < -0.39 is 0 Å². The molecule has 0 aliphatic heterocycles. The van der Waals surface area contributed by atoms with Crippen molar-refractivity contribution < 1.29 is 14.3 Å². The van der Waals surface area contributed by atoms with E-state index in [4.69, 9.17) is 9.47 Å². The molecular formula is C17H25N3O4. The maximum atomic E-state index is 12.7. The Morgan fingerprint density at radius 1 is 1.04 bits per heavy atom. The molecule has 0 bridgehead atoms. The number of aromatic nitrogens is 2. The van der Waals surface area contributed by atoms with Crippen LogP contribution in [0.5, 0.6) is 0 Å². The normalized spacial score (nSPS) is 11.1. The molecule has 2 rings (SSSR count). The average molecular weight is 335 g/mol. The minimum absolute atomic E-state index is 0.0137. The van der Waals surface area contributed by atoms with E-state index in [1.165, 1.54) is 4.57 Å². The Kier molecular flexibility index (Phi) is 6.57. The number of rotatable bonds is 9. The summed E-state index contributed by atoms with van der Waals surface area (Å²) >= 11 is 0. The third kappa shape index (κ3) is 3.85. The lowest BCUT2D eigenvalue weighted by atomic mass is 10.3. The first kappa shape index (κ1) is 18.2. The van der Waals surface area contributed by atoms with Crippen LogP contribution in [0.1, 0.15) is 6.92 Å². The summed E-state index contributed by atoms with van der Waals surface area (Å²) in [6, 6.07) is 7.53. The Labute approximate surface area is 141 Å². The fourth-order valence-electron chi connectivity index (χ4n) is 2.73. The Bertz CT molecular complexity index is 727. The number of nitrogens with zero attached hydrogens (tertiary/aromatic N) is 3. The lowest BCUT2D eigenvalue weighted by molar-refractivity contribution is -0.133. The maximum Gasteiger partial charge on any atom is 0.329 e. The zero-order chi connectivity index (χ0) is 17.5. The van der Waals surface area contributed by atoms with Gasteiger partial charge in [0.25, 0.3) is 0 Å². The van der Waals surface area contributed by atoms with Gasteiger partial charge >= 0.3 is 5.69 Å². The van der Waals surface area contributed by atoms with E-state index in [0.29, 0.717) is 32.8 Å². The van der Waals surface area contributed by atoms with Gasteiger partial charge in [0.05, 0.1) is 24.2 Å². The first-order valence-corrected chi connectivity index (χ1v) is 8.07.